The summed E-state index contributed by atoms with van der Waals surface area (Å²) in [7, 11) is -1.29. The fraction of sp³-hybridized carbons (Fsp3) is 0.400. The van der Waals surface area contributed by atoms with Crippen LogP contribution in [0.2, 0.25) is 19.6 Å². The Morgan fingerprint density at radius 1 is 1.53 bits per heavy atom. The van der Waals surface area contributed by atoms with E-state index in [1.54, 1.807) is 11.3 Å². The molecule has 0 unspecified atom stereocenters. The molecule has 78 valence electrons. The van der Waals surface area contributed by atoms with Crippen molar-refractivity contribution in [2.24, 2.45) is 5.11 Å². The number of rotatable bonds is 2. The van der Waals surface area contributed by atoms with Gasteiger partial charge < -0.3 is 0 Å². The molecule has 0 aliphatic rings. The minimum atomic E-state index is -1.29. The molecule has 0 aliphatic carbocycles. The molecule has 1 aromatic heterocycles. The molecule has 1 aromatic rings. The minimum absolute atomic E-state index is 0.426. The van der Waals surface area contributed by atoms with E-state index in [0.717, 1.165) is 10.4 Å². The zero-order valence-corrected chi connectivity index (χ0v) is 10.9. The van der Waals surface area contributed by atoms with Gasteiger partial charge in [0, 0.05) is 20.7 Å². The summed E-state index contributed by atoms with van der Waals surface area (Å²) in [5.41, 5.74) is 12.5. The molecule has 0 atom stereocenters. The van der Waals surface area contributed by atoms with Crippen LogP contribution in [0.5, 0.6) is 0 Å². The van der Waals surface area contributed by atoms with Crippen LogP contribution in [0.4, 0.5) is 0 Å². The van der Waals surface area contributed by atoms with E-state index in [2.05, 4.69) is 41.1 Å². The average Bonchev–Trinajstić information content (AvgIpc) is 2.58. The quantitative estimate of drug-likeness (QED) is 0.246. The van der Waals surface area contributed by atoms with Crippen LogP contribution in [0.1, 0.15) is 10.4 Å². The van der Waals surface area contributed by atoms with Gasteiger partial charge in [0.15, 0.2) is 0 Å². The molecule has 5 heteroatoms. The van der Waals surface area contributed by atoms with Crippen molar-refractivity contribution in [1.82, 2.24) is 0 Å². The molecule has 15 heavy (non-hydrogen) atoms. The van der Waals surface area contributed by atoms with Crippen molar-refractivity contribution in [3.05, 3.63) is 32.3 Å². The highest BCUT2D eigenvalue weighted by Gasteiger charge is 2.07. The SMILES string of the molecule is C[Si](C)(C)C#Cc1csc(CN=[N+]=[N-])c1. The summed E-state index contributed by atoms with van der Waals surface area (Å²) in [5.74, 6) is 3.17. The van der Waals surface area contributed by atoms with Crippen molar-refractivity contribution < 1.29 is 0 Å². The smallest absolute Gasteiger partial charge is 0.129 e. The first kappa shape index (κ1) is 11.9. The first-order valence-electron chi connectivity index (χ1n) is 4.63. The molecule has 0 aromatic carbocycles. The van der Waals surface area contributed by atoms with E-state index in [1.807, 2.05) is 11.4 Å². The molecule has 1 heterocycles. The molecule has 0 bridgehead atoms. The average molecular weight is 235 g/mol. The third-order valence-electron chi connectivity index (χ3n) is 1.53. The van der Waals surface area contributed by atoms with Gasteiger partial charge in [-0.1, -0.05) is 30.7 Å². The zero-order chi connectivity index (χ0) is 11.3. The first-order valence-corrected chi connectivity index (χ1v) is 9.01. The molecule has 1 rings (SSSR count). The van der Waals surface area contributed by atoms with Gasteiger partial charge in [-0.2, -0.15) is 0 Å². The Labute approximate surface area is 94.8 Å². The van der Waals surface area contributed by atoms with Crippen molar-refractivity contribution >= 4 is 19.4 Å². The van der Waals surface area contributed by atoms with Gasteiger partial charge in [0.05, 0.1) is 6.54 Å². The van der Waals surface area contributed by atoms with Crippen LogP contribution < -0.4 is 0 Å². The largest absolute Gasteiger partial charge is 0.147 e. The van der Waals surface area contributed by atoms with Crippen LogP contribution in [0.15, 0.2) is 16.6 Å². The van der Waals surface area contributed by atoms with Crippen LogP contribution in [-0.2, 0) is 6.54 Å². The molecule has 0 spiro atoms. The fourth-order valence-electron chi connectivity index (χ4n) is 0.890. The van der Waals surface area contributed by atoms with Crippen molar-refractivity contribution in [3.63, 3.8) is 0 Å². The maximum Gasteiger partial charge on any atom is 0.129 e. The molecule has 0 aliphatic heterocycles. The first-order chi connectivity index (χ1) is 7.01. The number of thiophene rings is 1. The predicted octanol–water partition coefficient (Wildman–Crippen LogP) is 3.79. The second-order valence-corrected chi connectivity index (χ2v) is 9.94. The van der Waals surface area contributed by atoms with Crippen molar-refractivity contribution in [2.45, 2.75) is 26.2 Å². The van der Waals surface area contributed by atoms with E-state index in [4.69, 9.17) is 5.53 Å². The van der Waals surface area contributed by atoms with Gasteiger partial charge in [-0.3, -0.25) is 0 Å². The van der Waals surface area contributed by atoms with Gasteiger partial charge in [0.1, 0.15) is 8.07 Å². The monoisotopic (exact) mass is 235 g/mol. The topological polar surface area (TPSA) is 48.8 Å². The maximum absolute atomic E-state index is 8.18. The summed E-state index contributed by atoms with van der Waals surface area (Å²) in [6.45, 7) is 7.07. The summed E-state index contributed by atoms with van der Waals surface area (Å²) in [4.78, 5) is 3.79. The predicted molar refractivity (Wildman–Crippen MR) is 67.4 cm³/mol. The summed E-state index contributed by atoms with van der Waals surface area (Å²) >= 11 is 1.59. The fourth-order valence-corrected chi connectivity index (χ4v) is 2.14. The highest BCUT2D eigenvalue weighted by atomic mass is 32.1. The van der Waals surface area contributed by atoms with Crippen molar-refractivity contribution in [1.29, 1.82) is 0 Å². The van der Waals surface area contributed by atoms with E-state index in [-0.39, 0.29) is 0 Å². The highest BCUT2D eigenvalue weighted by Crippen LogP contribution is 2.15. The van der Waals surface area contributed by atoms with E-state index >= 15 is 0 Å². The lowest BCUT2D eigenvalue weighted by molar-refractivity contribution is 1.08. The van der Waals surface area contributed by atoms with Crippen LogP contribution in [-0.4, -0.2) is 8.07 Å². The number of hydrogen-bond donors (Lipinski definition) is 0. The van der Waals surface area contributed by atoms with Gasteiger partial charge in [-0.15, -0.1) is 16.9 Å². The van der Waals surface area contributed by atoms with Crippen LogP contribution in [0.25, 0.3) is 10.4 Å². The molecule has 0 saturated heterocycles. The van der Waals surface area contributed by atoms with Gasteiger partial charge in [0.2, 0.25) is 0 Å². The lowest BCUT2D eigenvalue weighted by Crippen LogP contribution is -2.16. The highest BCUT2D eigenvalue weighted by molar-refractivity contribution is 7.10. The van der Waals surface area contributed by atoms with Crippen molar-refractivity contribution in [2.75, 3.05) is 0 Å². The van der Waals surface area contributed by atoms with E-state index in [0.29, 0.717) is 6.54 Å². The molecule has 0 N–H and O–H groups in total. The Morgan fingerprint density at radius 2 is 2.27 bits per heavy atom. The van der Waals surface area contributed by atoms with E-state index in [9.17, 15) is 0 Å². The normalized spacial score (nSPS) is 10.1. The van der Waals surface area contributed by atoms with Gasteiger partial charge in [-0.05, 0) is 11.6 Å². The molecule has 3 nitrogen and oxygen atoms in total. The van der Waals surface area contributed by atoms with Crippen LogP contribution >= 0.6 is 11.3 Å². The Balaban J connectivity index is 2.75. The minimum Gasteiger partial charge on any atom is -0.147 e. The van der Waals surface area contributed by atoms with E-state index in [1.165, 1.54) is 0 Å². The van der Waals surface area contributed by atoms with Gasteiger partial charge in [0.25, 0.3) is 0 Å². The second kappa shape index (κ2) is 5.03. The van der Waals surface area contributed by atoms with E-state index < -0.39 is 8.07 Å². The Bertz CT molecular complexity index is 441. The molecular weight excluding hydrogens is 222 g/mol. The lowest BCUT2D eigenvalue weighted by Gasteiger charge is -2.02. The summed E-state index contributed by atoms with van der Waals surface area (Å²) in [6, 6.07) is 1.99. The Hall–Kier alpha value is -1.21. The van der Waals surface area contributed by atoms with Gasteiger partial charge >= 0.3 is 0 Å². The third kappa shape index (κ3) is 4.70. The number of hydrogen-bond acceptors (Lipinski definition) is 2. The lowest BCUT2D eigenvalue weighted by atomic mass is 10.3. The number of nitrogens with zero attached hydrogens (tertiary/aromatic N) is 3. The molecular formula is C10H13N3SSi. The number of azide groups is 1. The van der Waals surface area contributed by atoms with Crippen molar-refractivity contribution in [3.8, 4) is 11.5 Å². The Kier molecular flexibility index (Phi) is 3.98. The summed E-state index contributed by atoms with van der Waals surface area (Å²) < 4.78 is 0. The molecule has 0 radical (unpaired) electrons. The summed E-state index contributed by atoms with van der Waals surface area (Å²) in [6.07, 6.45) is 0. The molecule has 0 fully saturated rings. The zero-order valence-electron chi connectivity index (χ0n) is 9.11. The van der Waals surface area contributed by atoms with Crippen LogP contribution in [0.3, 0.4) is 0 Å². The third-order valence-corrected chi connectivity index (χ3v) is 3.32. The van der Waals surface area contributed by atoms with Gasteiger partial charge in [-0.25, -0.2) is 0 Å². The second-order valence-electron chi connectivity index (χ2n) is 4.19. The standard InChI is InChI=1S/C10H13N3SSi/c1-15(2,3)5-4-9-6-10(14-8-9)7-12-13-11/h6,8H,7H2,1-3H3. The molecule has 0 saturated carbocycles. The Morgan fingerprint density at radius 3 is 2.87 bits per heavy atom. The van der Waals surface area contributed by atoms with Crippen LogP contribution in [0, 0.1) is 11.5 Å². The summed E-state index contributed by atoms with van der Waals surface area (Å²) in [5, 5.41) is 5.53. The maximum atomic E-state index is 8.18. The molecule has 0 amide bonds.